The summed E-state index contributed by atoms with van der Waals surface area (Å²) in [4.78, 5) is 18.2. The molecule has 1 fully saturated rings. The van der Waals surface area contributed by atoms with Crippen molar-refractivity contribution in [1.82, 2.24) is 9.47 Å². The van der Waals surface area contributed by atoms with Gasteiger partial charge >= 0.3 is 0 Å². The van der Waals surface area contributed by atoms with Crippen LogP contribution in [0.2, 0.25) is 0 Å². The second-order valence-corrected chi connectivity index (χ2v) is 9.20. The minimum atomic E-state index is 0.0850. The van der Waals surface area contributed by atoms with Crippen LogP contribution in [0.1, 0.15) is 28.5 Å². The zero-order valence-electron chi connectivity index (χ0n) is 21.3. The van der Waals surface area contributed by atoms with Crippen molar-refractivity contribution in [3.05, 3.63) is 102 Å². The Balaban J connectivity index is 1.49. The Labute approximate surface area is 213 Å². The van der Waals surface area contributed by atoms with Crippen LogP contribution in [0.25, 0.3) is 16.9 Å². The molecule has 36 heavy (non-hydrogen) atoms. The maximum Gasteiger partial charge on any atom is 0.255 e. The van der Waals surface area contributed by atoms with Gasteiger partial charge in [0.2, 0.25) is 0 Å². The van der Waals surface area contributed by atoms with Gasteiger partial charge in [-0.05, 0) is 56.2 Å². The number of nitrogens with zero attached hydrogens (tertiary/aromatic N) is 3. The number of piperazine rings is 1. The van der Waals surface area contributed by atoms with Gasteiger partial charge in [0.05, 0.1) is 23.6 Å². The molecule has 5 nitrogen and oxygen atoms in total. The quantitative estimate of drug-likeness (QED) is 0.334. The van der Waals surface area contributed by atoms with Crippen molar-refractivity contribution in [2.24, 2.45) is 0 Å². The number of hydrogen-bond donors (Lipinski definition) is 0. The second kappa shape index (κ2) is 10.3. The molecular weight excluding hydrogens is 446 g/mol. The molecular formula is C31H33N3O2. The van der Waals surface area contributed by atoms with E-state index in [1.54, 1.807) is 0 Å². The van der Waals surface area contributed by atoms with E-state index < -0.39 is 0 Å². The lowest BCUT2D eigenvalue weighted by molar-refractivity contribution is 0.0746. The number of carbonyl (C=O) groups excluding carboxylic acids is 1. The molecule has 5 heteroatoms. The van der Waals surface area contributed by atoms with Crippen LogP contribution in [-0.2, 0) is 0 Å². The van der Waals surface area contributed by atoms with E-state index in [2.05, 4.69) is 58.9 Å². The summed E-state index contributed by atoms with van der Waals surface area (Å²) in [6.07, 6.45) is 0. The molecule has 1 saturated heterocycles. The van der Waals surface area contributed by atoms with Gasteiger partial charge < -0.3 is 19.1 Å². The van der Waals surface area contributed by atoms with Gasteiger partial charge in [-0.1, -0.05) is 60.7 Å². The number of anilines is 1. The maximum atomic E-state index is 13.8. The lowest BCUT2D eigenvalue weighted by Crippen LogP contribution is -2.49. The van der Waals surface area contributed by atoms with E-state index in [9.17, 15) is 4.79 Å². The van der Waals surface area contributed by atoms with E-state index in [1.807, 2.05) is 61.2 Å². The number of rotatable bonds is 6. The molecule has 3 aromatic carbocycles. The van der Waals surface area contributed by atoms with Gasteiger partial charge in [0.15, 0.2) is 0 Å². The van der Waals surface area contributed by atoms with Gasteiger partial charge in [-0.25, -0.2) is 0 Å². The molecule has 5 rings (SSSR count). The first-order valence-electron chi connectivity index (χ1n) is 12.7. The summed E-state index contributed by atoms with van der Waals surface area (Å²) >= 11 is 0. The van der Waals surface area contributed by atoms with Crippen LogP contribution in [0, 0.1) is 13.8 Å². The van der Waals surface area contributed by atoms with E-state index in [0.29, 0.717) is 19.7 Å². The molecule has 1 aliphatic rings. The molecule has 0 N–H and O–H groups in total. The highest BCUT2D eigenvalue weighted by Gasteiger charge is 2.27. The highest BCUT2D eigenvalue weighted by molar-refractivity contribution is 5.97. The van der Waals surface area contributed by atoms with E-state index in [4.69, 9.17) is 4.74 Å². The highest BCUT2D eigenvalue weighted by atomic mass is 16.5. The molecule has 1 aromatic heterocycles. The fourth-order valence-electron chi connectivity index (χ4n) is 5.11. The van der Waals surface area contributed by atoms with Crippen LogP contribution in [0.3, 0.4) is 0 Å². The van der Waals surface area contributed by atoms with E-state index >= 15 is 0 Å². The zero-order chi connectivity index (χ0) is 25.1. The minimum Gasteiger partial charge on any atom is -0.492 e. The predicted molar refractivity (Wildman–Crippen MR) is 146 cm³/mol. The van der Waals surface area contributed by atoms with Crippen LogP contribution < -0.4 is 9.64 Å². The Kier molecular flexibility index (Phi) is 6.81. The fraction of sp³-hybridized carbons (Fsp3) is 0.258. The summed E-state index contributed by atoms with van der Waals surface area (Å²) in [5.74, 6) is 0.892. The number of benzene rings is 3. The summed E-state index contributed by atoms with van der Waals surface area (Å²) < 4.78 is 8.13. The average molecular weight is 480 g/mol. The SMILES string of the molecule is CCOc1ccccc1-n1c(-c2ccccc2)cc(C(=O)N2CCN(c3ccccc3C)CC2)c1C. The van der Waals surface area contributed by atoms with Crippen LogP contribution in [0.5, 0.6) is 5.75 Å². The standard InChI is InChI=1S/C31H33N3O2/c1-4-36-30-17-11-10-16-28(30)34-24(3)26(22-29(34)25-13-6-5-7-14-25)31(35)33-20-18-32(19-21-33)27-15-9-8-12-23(27)2/h5-17,22H,4,18-21H2,1-3H3. The first-order valence-corrected chi connectivity index (χ1v) is 12.7. The summed E-state index contributed by atoms with van der Waals surface area (Å²) in [5, 5.41) is 0. The molecule has 1 aliphatic heterocycles. The molecule has 0 bridgehead atoms. The van der Waals surface area contributed by atoms with Gasteiger partial charge in [-0.2, -0.15) is 0 Å². The van der Waals surface area contributed by atoms with Crippen molar-refractivity contribution in [2.75, 3.05) is 37.7 Å². The zero-order valence-corrected chi connectivity index (χ0v) is 21.3. The van der Waals surface area contributed by atoms with Gasteiger partial charge in [0.25, 0.3) is 5.91 Å². The Morgan fingerprint density at radius 2 is 1.44 bits per heavy atom. The van der Waals surface area contributed by atoms with E-state index in [0.717, 1.165) is 47.0 Å². The normalized spacial score (nSPS) is 13.6. The van der Waals surface area contributed by atoms with Crippen molar-refractivity contribution in [2.45, 2.75) is 20.8 Å². The van der Waals surface area contributed by atoms with Gasteiger partial charge in [0, 0.05) is 37.6 Å². The van der Waals surface area contributed by atoms with Gasteiger partial charge in [0.1, 0.15) is 5.75 Å². The Hall–Kier alpha value is -3.99. The van der Waals surface area contributed by atoms with E-state index in [1.165, 1.54) is 11.3 Å². The fourth-order valence-corrected chi connectivity index (χ4v) is 5.11. The molecule has 4 aromatic rings. The summed E-state index contributed by atoms with van der Waals surface area (Å²) in [6, 6.07) is 28.8. The maximum absolute atomic E-state index is 13.8. The second-order valence-electron chi connectivity index (χ2n) is 9.20. The molecule has 0 radical (unpaired) electrons. The highest BCUT2D eigenvalue weighted by Crippen LogP contribution is 2.34. The van der Waals surface area contributed by atoms with Crippen LogP contribution in [0.15, 0.2) is 84.9 Å². The summed E-state index contributed by atoms with van der Waals surface area (Å²) in [6.45, 7) is 9.81. The van der Waals surface area contributed by atoms with E-state index in [-0.39, 0.29) is 5.91 Å². The number of amides is 1. The first kappa shape index (κ1) is 23.7. The van der Waals surface area contributed by atoms with Crippen LogP contribution in [-0.4, -0.2) is 48.2 Å². The van der Waals surface area contributed by atoms with Crippen molar-refractivity contribution >= 4 is 11.6 Å². The lowest BCUT2D eigenvalue weighted by atomic mass is 10.1. The minimum absolute atomic E-state index is 0.0850. The van der Waals surface area contributed by atoms with Crippen molar-refractivity contribution in [1.29, 1.82) is 0 Å². The van der Waals surface area contributed by atoms with Gasteiger partial charge in [-0.3, -0.25) is 4.79 Å². The number of hydrogen-bond acceptors (Lipinski definition) is 3. The Morgan fingerprint density at radius 1 is 0.806 bits per heavy atom. The monoisotopic (exact) mass is 479 g/mol. The van der Waals surface area contributed by atoms with Gasteiger partial charge in [-0.15, -0.1) is 0 Å². The third kappa shape index (κ3) is 4.49. The van der Waals surface area contributed by atoms with Crippen molar-refractivity contribution < 1.29 is 9.53 Å². The third-order valence-electron chi connectivity index (χ3n) is 6.98. The predicted octanol–water partition coefficient (Wildman–Crippen LogP) is 6.12. The Morgan fingerprint density at radius 3 is 2.14 bits per heavy atom. The lowest BCUT2D eigenvalue weighted by Gasteiger charge is -2.36. The summed E-state index contributed by atoms with van der Waals surface area (Å²) in [5.41, 5.74) is 7.19. The van der Waals surface area contributed by atoms with Crippen molar-refractivity contribution in [3.8, 4) is 22.7 Å². The first-order chi connectivity index (χ1) is 17.6. The molecule has 0 spiro atoms. The third-order valence-corrected chi connectivity index (χ3v) is 6.98. The number of aromatic nitrogens is 1. The summed E-state index contributed by atoms with van der Waals surface area (Å²) in [7, 11) is 0. The number of ether oxygens (including phenoxy) is 1. The molecule has 0 unspecified atom stereocenters. The molecule has 1 amide bonds. The largest absolute Gasteiger partial charge is 0.492 e. The molecule has 184 valence electrons. The number of carbonyl (C=O) groups is 1. The van der Waals surface area contributed by atoms with Crippen molar-refractivity contribution in [3.63, 3.8) is 0 Å². The molecule has 0 saturated carbocycles. The van der Waals surface area contributed by atoms with Crippen LogP contribution in [0.4, 0.5) is 5.69 Å². The molecule has 2 heterocycles. The molecule has 0 atom stereocenters. The topological polar surface area (TPSA) is 37.7 Å². The molecule has 0 aliphatic carbocycles. The van der Waals surface area contributed by atoms with Crippen LogP contribution >= 0.6 is 0 Å². The Bertz CT molecular complexity index is 1350. The average Bonchev–Trinajstić information content (AvgIpc) is 3.26. The smallest absolute Gasteiger partial charge is 0.255 e. The number of para-hydroxylation sites is 3. The number of aryl methyl sites for hydroxylation is 1.